The molecule has 0 saturated carbocycles. The van der Waals surface area contributed by atoms with E-state index in [1.54, 1.807) is 6.33 Å². The quantitative estimate of drug-likeness (QED) is 0.687. The van der Waals surface area contributed by atoms with Crippen molar-refractivity contribution in [3.05, 3.63) is 16.8 Å². The molecular weight excluding hydrogens is 406 g/mol. The first kappa shape index (κ1) is 22.5. The summed E-state index contributed by atoms with van der Waals surface area (Å²) in [5.74, 6) is 1.41. The van der Waals surface area contributed by atoms with E-state index in [9.17, 15) is 4.79 Å². The van der Waals surface area contributed by atoms with Gasteiger partial charge in [-0.05, 0) is 63.6 Å². The summed E-state index contributed by atoms with van der Waals surface area (Å²) in [4.78, 5) is 29.4. The highest BCUT2D eigenvalue weighted by Crippen LogP contribution is 2.39. The summed E-state index contributed by atoms with van der Waals surface area (Å²) >= 11 is 1.86. The van der Waals surface area contributed by atoms with Crippen LogP contribution in [0, 0.1) is 11.3 Å². The van der Waals surface area contributed by atoms with Crippen LogP contribution in [-0.4, -0.2) is 61.0 Å². The van der Waals surface area contributed by atoms with Gasteiger partial charge in [0.1, 0.15) is 17.0 Å². The van der Waals surface area contributed by atoms with E-state index in [1.165, 1.54) is 41.5 Å². The van der Waals surface area contributed by atoms with Gasteiger partial charge in [-0.3, -0.25) is 4.79 Å². The molecule has 2 aromatic rings. The predicted molar refractivity (Wildman–Crippen MR) is 129 cm³/mol. The summed E-state index contributed by atoms with van der Waals surface area (Å²) in [6.07, 6.45) is 9.69. The van der Waals surface area contributed by atoms with Crippen LogP contribution in [0.1, 0.15) is 56.4 Å². The Morgan fingerprint density at radius 1 is 1.19 bits per heavy atom. The Balaban J connectivity index is 1.41. The highest BCUT2D eigenvalue weighted by atomic mass is 32.1. The highest BCUT2D eigenvalue weighted by Gasteiger charge is 2.29. The Morgan fingerprint density at radius 3 is 2.68 bits per heavy atom. The molecule has 170 valence electrons. The molecule has 1 saturated heterocycles. The number of hydrogen-bond acceptors (Lipinski definition) is 6. The Hall–Kier alpha value is -1.73. The van der Waals surface area contributed by atoms with Crippen LogP contribution in [0.5, 0.6) is 0 Å². The summed E-state index contributed by atoms with van der Waals surface area (Å²) in [5, 5.41) is 4.51. The van der Waals surface area contributed by atoms with Gasteiger partial charge in [0.2, 0.25) is 5.91 Å². The molecule has 3 heterocycles. The number of fused-ring (bicyclic) bond motifs is 3. The maximum Gasteiger partial charge on any atom is 0.223 e. The van der Waals surface area contributed by atoms with Crippen molar-refractivity contribution in [2.45, 2.75) is 58.8 Å². The Labute approximate surface area is 190 Å². The number of carbonyl (C=O) groups excluding carboxylic acids is 1. The van der Waals surface area contributed by atoms with Gasteiger partial charge < -0.3 is 15.1 Å². The third-order valence-electron chi connectivity index (χ3n) is 6.63. The smallest absolute Gasteiger partial charge is 0.223 e. The lowest BCUT2D eigenvalue weighted by molar-refractivity contribution is -0.126. The van der Waals surface area contributed by atoms with Gasteiger partial charge in [-0.15, -0.1) is 11.3 Å². The number of nitrogens with zero attached hydrogens (tertiary/aromatic N) is 4. The van der Waals surface area contributed by atoms with E-state index in [0.717, 1.165) is 56.1 Å². The van der Waals surface area contributed by atoms with Crippen molar-refractivity contribution in [3.8, 4) is 0 Å². The van der Waals surface area contributed by atoms with Crippen molar-refractivity contribution in [2.75, 3.05) is 45.2 Å². The molecule has 31 heavy (non-hydrogen) atoms. The molecule has 7 heteroatoms. The van der Waals surface area contributed by atoms with Gasteiger partial charge in [-0.1, -0.05) is 20.3 Å². The second-order valence-corrected chi connectivity index (χ2v) is 11.4. The summed E-state index contributed by atoms with van der Waals surface area (Å²) in [6.45, 7) is 7.87. The summed E-state index contributed by atoms with van der Waals surface area (Å²) in [6, 6.07) is 0. The van der Waals surface area contributed by atoms with Gasteiger partial charge in [0.25, 0.3) is 0 Å². The van der Waals surface area contributed by atoms with Crippen LogP contribution in [0.2, 0.25) is 0 Å². The van der Waals surface area contributed by atoms with Gasteiger partial charge in [-0.25, -0.2) is 9.97 Å². The fourth-order valence-corrected chi connectivity index (χ4v) is 6.45. The predicted octanol–water partition coefficient (Wildman–Crippen LogP) is 3.88. The molecular formula is C24H37N5OS. The molecule has 1 N–H and O–H groups in total. The first-order valence-corrected chi connectivity index (χ1v) is 12.6. The lowest BCUT2D eigenvalue weighted by Crippen LogP contribution is -2.45. The maximum atomic E-state index is 12.8. The van der Waals surface area contributed by atoms with Crippen molar-refractivity contribution in [3.63, 3.8) is 0 Å². The number of thiophene rings is 1. The van der Waals surface area contributed by atoms with Crippen LogP contribution < -0.4 is 10.2 Å². The molecule has 0 bridgehead atoms. The lowest BCUT2D eigenvalue weighted by Gasteiger charge is -2.34. The third-order valence-corrected chi connectivity index (χ3v) is 7.83. The second kappa shape index (κ2) is 9.41. The van der Waals surface area contributed by atoms with Crippen LogP contribution in [0.3, 0.4) is 0 Å². The number of hydrogen-bond donors (Lipinski definition) is 1. The second-order valence-electron chi connectivity index (χ2n) is 10.3. The van der Waals surface area contributed by atoms with Gasteiger partial charge >= 0.3 is 0 Å². The normalized spacial score (nSPS) is 18.3. The van der Waals surface area contributed by atoms with Crippen molar-refractivity contribution < 1.29 is 4.79 Å². The molecule has 1 fully saturated rings. The van der Waals surface area contributed by atoms with E-state index in [-0.39, 0.29) is 17.2 Å². The number of anilines is 1. The minimum absolute atomic E-state index is 0.0726. The van der Waals surface area contributed by atoms with Crippen LogP contribution in [-0.2, 0) is 17.6 Å². The standard InChI is InChI=1S/C24H37N5OS/c1-24(2,15-28(3)4)14-25-22(30)17-10-12-29(13-11-17)21-20-18-8-6-5-7-9-19(18)31-23(20)27-16-26-21/h16-17H,5-15H2,1-4H3,(H,25,30). The number of piperidine rings is 1. The van der Waals surface area contributed by atoms with Gasteiger partial charge in [0, 0.05) is 37.0 Å². The Kier molecular flexibility index (Phi) is 6.82. The molecule has 2 aromatic heterocycles. The van der Waals surface area contributed by atoms with E-state index >= 15 is 0 Å². The Bertz CT molecular complexity index is 914. The van der Waals surface area contributed by atoms with Gasteiger partial charge in [0.15, 0.2) is 0 Å². The number of aromatic nitrogens is 2. The molecule has 0 aromatic carbocycles. The van der Waals surface area contributed by atoms with E-state index in [1.807, 2.05) is 11.3 Å². The molecule has 0 radical (unpaired) electrons. The average molecular weight is 444 g/mol. The first-order chi connectivity index (χ1) is 14.8. The fourth-order valence-electron chi connectivity index (χ4n) is 5.23. The number of aryl methyl sites for hydroxylation is 2. The van der Waals surface area contributed by atoms with E-state index in [4.69, 9.17) is 4.98 Å². The lowest BCUT2D eigenvalue weighted by atomic mass is 9.91. The van der Waals surface area contributed by atoms with E-state index in [2.05, 4.69) is 48.0 Å². The van der Waals surface area contributed by atoms with Crippen LogP contribution in [0.25, 0.3) is 10.2 Å². The molecule has 6 nitrogen and oxygen atoms in total. The zero-order valence-corrected chi connectivity index (χ0v) is 20.4. The van der Waals surface area contributed by atoms with E-state index < -0.39 is 0 Å². The molecule has 2 aliphatic rings. The highest BCUT2D eigenvalue weighted by molar-refractivity contribution is 7.18. The topological polar surface area (TPSA) is 61.4 Å². The van der Waals surface area contributed by atoms with Gasteiger partial charge in [0.05, 0.1) is 5.39 Å². The first-order valence-electron chi connectivity index (χ1n) is 11.8. The summed E-state index contributed by atoms with van der Waals surface area (Å²) < 4.78 is 0. The van der Waals surface area contributed by atoms with Crippen LogP contribution in [0.4, 0.5) is 5.82 Å². The zero-order chi connectivity index (χ0) is 22.0. The van der Waals surface area contributed by atoms with Crippen molar-refractivity contribution in [1.82, 2.24) is 20.2 Å². The molecule has 0 atom stereocenters. The molecule has 1 aliphatic carbocycles. The SMILES string of the molecule is CN(C)CC(C)(C)CNC(=O)C1CCN(c2ncnc3sc4c(c23)CCCCC4)CC1. The molecule has 1 amide bonds. The van der Waals surface area contributed by atoms with Crippen molar-refractivity contribution in [2.24, 2.45) is 11.3 Å². The van der Waals surface area contributed by atoms with E-state index in [0.29, 0.717) is 0 Å². The number of amides is 1. The number of carbonyl (C=O) groups is 1. The number of nitrogens with one attached hydrogen (secondary N) is 1. The summed E-state index contributed by atoms with van der Waals surface area (Å²) in [7, 11) is 4.16. The molecule has 1 aliphatic heterocycles. The molecule has 0 spiro atoms. The number of rotatable bonds is 6. The maximum absolute atomic E-state index is 12.8. The van der Waals surface area contributed by atoms with Crippen molar-refractivity contribution >= 4 is 33.3 Å². The third kappa shape index (κ3) is 5.20. The van der Waals surface area contributed by atoms with Gasteiger partial charge in [-0.2, -0.15) is 0 Å². The average Bonchev–Trinajstić information content (AvgIpc) is 2.92. The van der Waals surface area contributed by atoms with Crippen LogP contribution in [0.15, 0.2) is 6.33 Å². The van der Waals surface area contributed by atoms with Crippen LogP contribution >= 0.6 is 11.3 Å². The van der Waals surface area contributed by atoms with Crippen molar-refractivity contribution in [1.29, 1.82) is 0 Å². The minimum Gasteiger partial charge on any atom is -0.356 e. The fraction of sp³-hybridized carbons (Fsp3) is 0.708. The molecule has 0 unspecified atom stereocenters. The zero-order valence-electron chi connectivity index (χ0n) is 19.5. The minimum atomic E-state index is 0.0726. The largest absolute Gasteiger partial charge is 0.356 e. The monoisotopic (exact) mass is 443 g/mol. The molecule has 4 rings (SSSR count). The summed E-state index contributed by atoms with van der Waals surface area (Å²) in [5.41, 5.74) is 1.57. The Morgan fingerprint density at radius 2 is 1.94 bits per heavy atom.